The summed E-state index contributed by atoms with van der Waals surface area (Å²) >= 11 is 0. The van der Waals surface area contributed by atoms with Crippen LogP contribution in [0.25, 0.3) is 0 Å². The Morgan fingerprint density at radius 1 is 1.33 bits per heavy atom. The normalized spacial score (nSPS) is 20.2. The first-order valence-corrected chi connectivity index (χ1v) is 8.14. The molecule has 5 nitrogen and oxygen atoms in total. The van der Waals surface area contributed by atoms with E-state index in [0.717, 1.165) is 17.0 Å². The van der Waals surface area contributed by atoms with Crippen LogP contribution in [0.5, 0.6) is 5.75 Å². The second-order valence-electron chi connectivity index (χ2n) is 6.39. The number of aromatic nitrogens is 1. The molecule has 0 spiro atoms. The van der Waals surface area contributed by atoms with Crippen LogP contribution in [0.1, 0.15) is 17.7 Å². The fourth-order valence-corrected chi connectivity index (χ4v) is 2.88. The van der Waals surface area contributed by atoms with E-state index in [9.17, 15) is 9.90 Å². The molecule has 2 aromatic rings. The molecule has 1 aromatic heterocycles. The zero-order valence-corrected chi connectivity index (χ0v) is 13.8. The highest BCUT2D eigenvalue weighted by Gasteiger charge is 2.38. The van der Waals surface area contributed by atoms with Crippen molar-refractivity contribution in [3.8, 4) is 5.75 Å². The van der Waals surface area contributed by atoms with Crippen molar-refractivity contribution < 1.29 is 14.6 Å². The molecule has 1 saturated heterocycles. The van der Waals surface area contributed by atoms with Crippen LogP contribution in [-0.2, 0) is 11.2 Å². The molecule has 5 heteroatoms. The lowest BCUT2D eigenvalue weighted by atomic mass is 10.1. The third-order valence-corrected chi connectivity index (χ3v) is 4.24. The van der Waals surface area contributed by atoms with E-state index in [0.29, 0.717) is 19.5 Å². The van der Waals surface area contributed by atoms with E-state index in [1.807, 2.05) is 49.4 Å². The van der Waals surface area contributed by atoms with E-state index < -0.39 is 5.60 Å². The summed E-state index contributed by atoms with van der Waals surface area (Å²) in [5.41, 5.74) is 0.857. The van der Waals surface area contributed by atoms with Crippen molar-refractivity contribution in [1.82, 2.24) is 9.88 Å². The molecular weight excluding hydrogens is 304 g/mol. The van der Waals surface area contributed by atoms with E-state index in [-0.39, 0.29) is 18.9 Å². The van der Waals surface area contributed by atoms with Crippen LogP contribution in [-0.4, -0.2) is 46.2 Å². The van der Waals surface area contributed by atoms with Gasteiger partial charge in [-0.2, -0.15) is 0 Å². The Kier molecular flexibility index (Phi) is 4.81. The van der Waals surface area contributed by atoms with Crippen LogP contribution in [0, 0.1) is 6.92 Å². The Morgan fingerprint density at radius 3 is 2.96 bits per heavy atom. The molecule has 1 unspecified atom stereocenters. The average Bonchev–Trinajstić information content (AvgIpc) is 2.97. The summed E-state index contributed by atoms with van der Waals surface area (Å²) in [6.45, 7) is 3.02. The van der Waals surface area contributed by atoms with Gasteiger partial charge in [-0.3, -0.25) is 9.78 Å². The Hall–Kier alpha value is -2.40. The largest absolute Gasteiger partial charge is 0.491 e. The molecule has 0 saturated carbocycles. The summed E-state index contributed by atoms with van der Waals surface area (Å²) in [6.07, 6.45) is 2.46. The number of amides is 1. The Labute approximate surface area is 141 Å². The van der Waals surface area contributed by atoms with Crippen molar-refractivity contribution in [2.24, 2.45) is 0 Å². The number of carbonyl (C=O) groups is 1. The Bertz CT molecular complexity index is 705. The topological polar surface area (TPSA) is 62.7 Å². The number of aliphatic hydroxyl groups is 1. The second-order valence-corrected chi connectivity index (χ2v) is 6.39. The molecule has 1 aliphatic heterocycles. The maximum atomic E-state index is 12.4. The van der Waals surface area contributed by atoms with Gasteiger partial charge in [0.05, 0.1) is 13.0 Å². The summed E-state index contributed by atoms with van der Waals surface area (Å²) in [7, 11) is 0. The number of rotatable bonds is 5. The molecule has 0 radical (unpaired) electrons. The van der Waals surface area contributed by atoms with Crippen LogP contribution in [0.2, 0.25) is 0 Å². The molecule has 0 bridgehead atoms. The van der Waals surface area contributed by atoms with Gasteiger partial charge < -0.3 is 14.7 Å². The SMILES string of the molecule is Cc1cccc(OCC2(O)CCN(C(=O)Cc3ccccn3)C2)c1. The molecule has 1 aromatic carbocycles. The third kappa shape index (κ3) is 4.11. The summed E-state index contributed by atoms with van der Waals surface area (Å²) < 4.78 is 5.72. The van der Waals surface area contributed by atoms with Gasteiger partial charge in [0.25, 0.3) is 0 Å². The van der Waals surface area contributed by atoms with Crippen molar-refractivity contribution in [1.29, 1.82) is 0 Å². The Balaban J connectivity index is 1.54. The van der Waals surface area contributed by atoms with Gasteiger partial charge >= 0.3 is 0 Å². The number of hydrogen-bond donors (Lipinski definition) is 1. The van der Waals surface area contributed by atoms with Gasteiger partial charge in [0.15, 0.2) is 0 Å². The number of ether oxygens (including phenoxy) is 1. The van der Waals surface area contributed by atoms with Crippen LogP contribution in [0.3, 0.4) is 0 Å². The Morgan fingerprint density at radius 2 is 2.21 bits per heavy atom. The number of carbonyl (C=O) groups excluding carboxylic acids is 1. The fourth-order valence-electron chi connectivity index (χ4n) is 2.88. The molecule has 1 fully saturated rings. The minimum Gasteiger partial charge on any atom is -0.491 e. The predicted octanol–water partition coefficient (Wildman–Crippen LogP) is 1.97. The lowest BCUT2D eigenvalue weighted by Crippen LogP contribution is -2.41. The van der Waals surface area contributed by atoms with Crippen LogP contribution in [0.15, 0.2) is 48.7 Å². The minimum atomic E-state index is -0.997. The number of nitrogens with zero attached hydrogens (tertiary/aromatic N) is 2. The highest BCUT2D eigenvalue weighted by Crippen LogP contribution is 2.24. The van der Waals surface area contributed by atoms with E-state index in [1.54, 1.807) is 11.1 Å². The molecule has 1 N–H and O–H groups in total. The summed E-state index contributed by atoms with van der Waals surface area (Å²) in [5.74, 6) is 0.724. The average molecular weight is 326 g/mol. The molecular formula is C19H22N2O3. The summed E-state index contributed by atoms with van der Waals surface area (Å²) in [5, 5.41) is 10.7. The first-order chi connectivity index (χ1) is 11.5. The van der Waals surface area contributed by atoms with Crippen molar-refractivity contribution >= 4 is 5.91 Å². The number of likely N-dealkylation sites (tertiary alicyclic amines) is 1. The van der Waals surface area contributed by atoms with Crippen LogP contribution >= 0.6 is 0 Å². The smallest absolute Gasteiger partial charge is 0.228 e. The van der Waals surface area contributed by atoms with Gasteiger partial charge in [0.2, 0.25) is 5.91 Å². The van der Waals surface area contributed by atoms with E-state index >= 15 is 0 Å². The first kappa shape index (κ1) is 16.5. The number of β-amino-alcohol motifs (C(OH)–C–C–N with tert-alkyl or cyclic N) is 1. The monoisotopic (exact) mass is 326 g/mol. The van der Waals surface area contributed by atoms with Gasteiger partial charge in [-0.1, -0.05) is 18.2 Å². The first-order valence-electron chi connectivity index (χ1n) is 8.14. The number of benzene rings is 1. The van der Waals surface area contributed by atoms with Gasteiger partial charge in [-0.25, -0.2) is 0 Å². The zero-order valence-electron chi connectivity index (χ0n) is 13.8. The van der Waals surface area contributed by atoms with Crippen molar-refractivity contribution in [2.75, 3.05) is 19.7 Å². The molecule has 0 aliphatic carbocycles. The maximum absolute atomic E-state index is 12.4. The molecule has 1 aliphatic rings. The van der Waals surface area contributed by atoms with Gasteiger partial charge in [-0.05, 0) is 43.2 Å². The highest BCUT2D eigenvalue weighted by molar-refractivity contribution is 5.78. The number of pyridine rings is 1. The maximum Gasteiger partial charge on any atom is 0.228 e. The van der Waals surface area contributed by atoms with Crippen molar-refractivity contribution in [3.63, 3.8) is 0 Å². The lowest BCUT2D eigenvalue weighted by Gasteiger charge is -2.23. The molecule has 1 atom stereocenters. The van der Waals surface area contributed by atoms with Crippen molar-refractivity contribution in [3.05, 3.63) is 59.9 Å². The van der Waals surface area contributed by atoms with E-state index in [4.69, 9.17) is 4.74 Å². The number of aryl methyl sites for hydroxylation is 1. The summed E-state index contributed by atoms with van der Waals surface area (Å²) in [4.78, 5) is 18.2. The zero-order chi connectivity index (χ0) is 17.0. The molecule has 3 rings (SSSR count). The van der Waals surface area contributed by atoms with Crippen LogP contribution in [0.4, 0.5) is 0 Å². The minimum absolute atomic E-state index is 0.0137. The number of hydrogen-bond acceptors (Lipinski definition) is 4. The predicted molar refractivity (Wildman–Crippen MR) is 90.8 cm³/mol. The fraction of sp³-hybridized carbons (Fsp3) is 0.368. The molecule has 24 heavy (non-hydrogen) atoms. The second kappa shape index (κ2) is 7.01. The van der Waals surface area contributed by atoms with Crippen LogP contribution < -0.4 is 4.74 Å². The van der Waals surface area contributed by atoms with E-state index in [1.165, 1.54) is 0 Å². The highest BCUT2D eigenvalue weighted by atomic mass is 16.5. The van der Waals surface area contributed by atoms with Gasteiger partial charge in [0, 0.05) is 18.4 Å². The summed E-state index contributed by atoms with van der Waals surface area (Å²) in [6, 6.07) is 13.2. The van der Waals surface area contributed by atoms with Gasteiger partial charge in [-0.15, -0.1) is 0 Å². The standard InChI is InChI=1S/C19H22N2O3/c1-15-5-4-7-17(11-15)24-14-19(23)8-10-21(13-19)18(22)12-16-6-2-3-9-20-16/h2-7,9,11,23H,8,10,12-14H2,1H3. The molecule has 126 valence electrons. The van der Waals surface area contributed by atoms with E-state index in [2.05, 4.69) is 4.98 Å². The van der Waals surface area contributed by atoms with Crippen molar-refractivity contribution in [2.45, 2.75) is 25.4 Å². The quantitative estimate of drug-likeness (QED) is 0.912. The third-order valence-electron chi connectivity index (χ3n) is 4.24. The molecule has 2 heterocycles. The molecule has 1 amide bonds. The lowest BCUT2D eigenvalue weighted by molar-refractivity contribution is -0.130. The van der Waals surface area contributed by atoms with Gasteiger partial charge in [0.1, 0.15) is 18.0 Å².